The fourth-order valence-corrected chi connectivity index (χ4v) is 0.320. The van der Waals surface area contributed by atoms with Crippen molar-refractivity contribution in [2.45, 2.75) is 12.4 Å². The van der Waals surface area contributed by atoms with Crippen LogP contribution in [0.5, 0.6) is 0 Å². The second-order valence-corrected chi connectivity index (χ2v) is 1.87. The number of hydrogen-bond acceptors (Lipinski definition) is 2. The topological polar surface area (TPSA) is 26.3 Å². The molecule has 0 rings (SSSR count). The fraction of sp³-hybridized carbons (Fsp3) is 0.500. The third-order valence-corrected chi connectivity index (χ3v) is 0.737. The summed E-state index contributed by atoms with van der Waals surface area (Å²) in [4.78, 5) is 9.89. The van der Waals surface area contributed by atoms with Crippen molar-refractivity contribution >= 4 is 5.97 Å². The van der Waals surface area contributed by atoms with Crippen LogP contribution in [0.25, 0.3) is 0 Å². The highest BCUT2D eigenvalue weighted by Gasteiger charge is 2.40. The molecule has 80 valence electrons. The molecule has 0 heterocycles. The van der Waals surface area contributed by atoms with Crippen molar-refractivity contribution in [3.63, 3.8) is 0 Å². The summed E-state index contributed by atoms with van der Waals surface area (Å²) in [5.74, 6) is -0.731. The van der Waals surface area contributed by atoms with E-state index in [9.17, 15) is 31.1 Å². The van der Waals surface area contributed by atoms with Crippen molar-refractivity contribution in [2.75, 3.05) is 6.61 Å². The number of hydrogen-bond donors (Lipinski definition) is 0. The van der Waals surface area contributed by atoms with Gasteiger partial charge in [-0.3, -0.25) is 0 Å². The number of carbonyl (C=O) groups excluding carboxylic acids is 1. The number of alkyl halides is 6. The molecule has 0 amide bonds. The average molecular weight is 220 g/mol. The van der Waals surface area contributed by atoms with Gasteiger partial charge in [-0.1, -0.05) is 5.92 Å². The van der Waals surface area contributed by atoms with Crippen molar-refractivity contribution in [1.29, 1.82) is 0 Å². The molecule has 0 aliphatic rings. The average Bonchev–Trinajstić information content (AvgIpc) is 1.93. The molecule has 0 saturated carbocycles. The van der Waals surface area contributed by atoms with Crippen molar-refractivity contribution in [1.82, 2.24) is 0 Å². The van der Waals surface area contributed by atoms with Crippen molar-refractivity contribution < 1.29 is 35.9 Å². The molecule has 0 fully saturated rings. The van der Waals surface area contributed by atoms with Gasteiger partial charge in [0.25, 0.3) is 0 Å². The van der Waals surface area contributed by atoms with E-state index < -0.39 is 24.9 Å². The first kappa shape index (κ1) is 12.6. The molecule has 0 spiro atoms. The number of carbonyl (C=O) groups is 1. The quantitative estimate of drug-likeness (QED) is 0.381. The van der Waals surface area contributed by atoms with Crippen LogP contribution >= 0.6 is 0 Å². The summed E-state index contributed by atoms with van der Waals surface area (Å²) in [5.41, 5.74) is 0. The Morgan fingerprint density at radius 3 is 2.00 bits per heavy atom. The molecule has 0 aromatic heterocycles. The summed E-state index contributed by atoms with van der Waals surface area (Å²) in [6, 6.07) is 0. The maximum absolute atomic E-state index is 11.4. The summed E-state index contributed by atoms with van der Waals surface area (Å²) >= 11 is 0. The van der Waals surface area contributed by atoms with E-state index in [4.69, 9.17) is 0 Å². The number of esters is 1. The molecule has 0 aromatic rings. The smallest absolute Gasteiger partial charge is 0.446 e. The molecule has 0 bridgehead atoms. The molecule has 8 heteroatoms. The van der Waals surface area contributed by atoms with Crippen LogP contribution < -0.4 is 0 Å². The molecule has 14 heavy (non-hydrogen) atoms. The molecule has 0 N–H and O–H groups in total. The fourth-order valence-electron chi connectivity index (χ4n) is 0.320. The molecular formula is C6H2F6O2. The van der Waals surface area contributed by atoms with Crippen LogP contribution in [0.1, 0.15) is 0 Å². The maximum Gasteiger partial charge on any atom is 0.490 e. The second-order valence-electron chi connectivity index (χ2n) is 1.87. The van der Waals surface area contributed by atoms with Gasteiger partial charge in [0.1, 0.15) is 0 Å². The molecule has 0 saturated heterocycles. The van der Waals surface area contributed by atoms with E-state index in [2.05, 4.69) is 4.74 Å². The van der Waals surface area contributed by atoms with Crippen LogP contribution in [0.3, 0.4) is 0 Å². The van der Waals surface area contributed by atoms with Crippen LogP contribution in [0, 0.1) is 11.8 Å². The van der Waals surface area contributed by atoms with E-state index in [-0.39, 0.29) is 0 Å². The third kappa shape index (κ3) is 6.16. The normalized spacial score (nSPS) is 11.6. The highest BCUT2D eigenvalue weighted by atomic mass is 19.4. The molecular weight excluding hydrogens is 218 g/mol. The summed E-state index contributed by atoms with van der Waals surface area (Å²) in [6.45, 7) is -1.25. The minimum absolute atomic E-state index is 0.634. The van der Waals surface area contributed by atoms with Gasteiger partial charge in [-0.2, -0.15) is 26.3 Å². The Hall–Kier alpha value is -1.39. The zero-order valence-electron chi connectivity index (χ0n) is 6.29. The molecule has 0 unspecified atom stereocenters. The van der Waals surface area contributed by atoms with Gasteiger partial charge in [0.15, 0.2) is 6.61 Å². The first-order chi connectivity index (χ1) is 6.13. The van der Waals surface area contributed by atoms with Gasteiger partial charge in [-0.05, 0) is 0 Å². The predicted octanol–water partition coefficient (Wildman–Crippen LogP) is 1.66. The molecule has 0 aliphatic carbocycles. The Labute approximate surface area is 73.8 Å². The van der Waals surface area contributed by atoms with E-state index in [1.807, 2.05) is 0 Å². The zero-order valence-corrected chi connectivity index (χ0v) is 6.29. The molecule has 0 aromatic carbocycles. The van der Waals surface area contributed by atoms with Gasteiger partial charge in [0, 0.05) is 5.92 Å². The van der Waals surface area contributed by atoms with E-state index in [0.717, 1.165) is 0 Å². The molecule has 0 aliphatic heterocycles. The lowest BCUT2D eigenvalue weighted by Gasteiger charge is -2.03. The van der Waals surface area contributed by atoms with Crippen molar-refractivity contribution in [3.05, 3.63) is 0 Å². The molecule has 2 nitrogen and oxygen atoms in total. The maximum atomic E-state index is 11.4. The Balaban J connectivity index is 3.97. The summed E-state index contributed by atoms with van der Waals surface area (Å²) < 4.78 is 71.3. The molecule has 0 atom stereocenters. The second kappa shape index (κ2) is 4.21. The highest BCUT2D eigenvalue weighted by molar-refractivity contribution is 5.75. The van der Waals surface area contributed by atoms with Crippen LogP contribution in [-0.4, -0.2) is 24.9 Å². The first-order valence-corrected chi connectivity index (χ1v) is 2.93. The van der Waals surface area contributed by atoms with Crippen LogP contribution in [0.2, 0.25) is 0 Å². The number of halogens is 6. The predicted molar refractivity (Wildman–Crippen MR) is 30.8 cm³/mol. The lowest BCUT2D eigenvalue weighted by Crippen LogP contribution is -2.25. The third-order valence-electron chi connectivity index (χ3n) is 0.737. The lowest BCUT2D eigenvalue weighted by molar-refractivity contribution is -0.198. The first-order valence-electron chi connectivity index (χ1n) is 2.93. The Bertz CT molecular complexity index is 265. The van der Waals surface area contributed by atoms with Gasteiger partial charge in [-0.15, -0.1) is 0 Å². The van der Waals surface area contributed by atoms with Gasteiger partial charge in [0.2, 0.25) is 0 Å². The Morgan fingerprint density at radius 1 is 1.14 bits per heavy atom. The van der Waals surface area contributed by atoms with Crippen molar-refractivity contribution in [2.24, 2.45) is 0 Å². The summed E-state index contributed by atoms with van der Waals surface area (Å²) in [7, 11) is 0. The van der Waals surface area contributed by atoms with Gasteiger partial charge in [-0.25, -0.2) is 4.79 Å². The molecule has 0 radical (unpaired) electrons. The van der Waals surface area contributed by atoms with Crippen LogP contribution in [0.4, 0.5) is 26.3 Å². The minimum Gasteiger partial charge on any atom is -0.446 e. The van der Waals surface area contributed by atoms with Gasteiger partial charge < -0.3 is 4.74 Å². The van der Waals surface area contributed by atoms with Crippen LogP contribution in [0.15, 0.2) is 0 Å². The highest BCUT2D eigenvalue weighted by Crippen LogP contribution is 2.16. The van der Waals surface area contributed by atoms with E-state index >= 15 is 0 Å². The summed E-state index contributed by atoms with van der Waals surface area (Å²) in [5, 5.41) is 0. The standard InChI is InChI=1S/C6H2F6O2/c7-5(8,9)2-1-3-14-4(13)6(10,11)12/h3H2. The summed E-state index contributed by atoms with van der Waals surface area (Å²) in [6.07, 6.45) is -10.0. The Morgan fingerprint density at radius 2 is 1.64 bits per heavy atom. The van der Waals surface area contributed by atoms with Gasteiger partial charge in [0.05, 0.1) is 0 Å². The lowest BCUT2D eigenvalue weighted by atomic mass is 10.6. The largest absolute Gasteiger partial charge is 0.490 e. The number of rotatable bonds is 1. The van der Waals surface area contributed by atoms with Crippen LogP contribution in [-0.2, 0) is 9.53 Å². The van der Waals surface area contributed by atoms with E-state index in [1.54, 1.807) is 0 Å². The zero-order chi connectivity index (χ0) is 11.4. The minimum atomic E-state index is -5.22. The van der Waals surface area contributed by atoms with E-state index in [1.165, 1.54) is 5.92 Å². The van der Waals surface area contributed by atoms with E-state index in [0.29, 0.717) is 5.92 Å². The van der Waals surface area contributed by atoms with Gasteiger partial charge >= 0.3 is 18.3 Å². The monoisotopic (exact) mass is 220 g/mol. The van der Waals surface area contributed by atoms with Crippen molar-refractivity contribution in [3.8, 4) is 11.8 Å². The number of ether oxygens (including phenoxy) is 1. The Kier molecular flexibility index (Phi) is 3.80. The SMILES string of the molecule is O=C(OCC#CC(F)(F)F)C(F)(F)F.